The van der Waals surface area contributed by atoms with Crippen molar-refractivity contribution < 1.29 is 8.83 Å². The third-order valence-electron chi connectivity index (χ3n) is 15.9. The van der Waals surface area contributed by atoms with E-state index in [1.54, 1.807) is 0 Å². The molecule has 9 aromatic carbocycles. The second kappa shape index (κ2) is 14.8. The molecule has 0 amide bonds. The van der Waals surface area contributed by atoms with Crippen molar-refractivity contribution >= 4 is 78.0 Å². The molecule has 13 rings (SSSR count). The van der Waals surface area contributed by atoms with Crippen molar-refractivity contribution in [2.24, 2.45) is 0 Å². The molecular weight excluding hydrogens is 853 g/mol. The van der Waals surface area contributed by atoms with E-state index >= 15 is 0 Å². The Kier molecular flexibility index (Phi) is 8.97. The topological polar surface area (TPSA) is 32.8 Å². The molecule has 0 saturated carbocycles. The maximum atomic E-state index is 7.14. The Hall–Kier alpha value is -7.82. The Morgan fingerprint density at radius 1 is 0.371 bits per heavy atom. The zero-order valence-electron chi connectivity index (χ0n) is 41.7. The lowest BCUT2D eigenvalue weighted by atomic mass is 9.72. The maximum Gasteiger partial charge on any atom is 0.160 e. The quantitative estimate of drug-likeness (QED) is 0.166. The van der Waals surface area contributed by atoms with Crippen molar-refractivity contribution in [3.63, 3.8) is 0 Å². The molecule has 4 heteroatoms. The number of fused-ring (bicyclic) bond motifs is 15. The van der Waals surface area contributed by atoms with E-state index in [4.69, 9.17) is 8.83 Å². The number of aryl methyl sites for hydroxylation is 6. The van der Waals surface area contributed by atoms with Crippen LogP contribution in [0.5, 0.6) is 0 Å². The van der Waals surface area contributed by atoms with Gasteiger partial charge in [-0.1, -0.05) is 147 Å². The Bertz CT molecular complexity index is 3750. The molecule has 0 bridgehead atoms. The van der Waals surface area contributed by atoms with Gasteiger partial charge in [0.2, 0.25) is 0 Å². The summed E-state index contributed by atoms with van der Waals surface area (Å²) in [4.78, 5) is 4.86. The van der Waals surface area contributed by atoms with Crippen LogP contribution in [0.1, 0.15) is 83.3 Å². The molecular formula is C66H56N2O2. The van der Waals surface area contributed by atoms with Crippen LogP contribution in [-0.2, 0) is 10.8 Å². The van der Waals surface area contributed by atoms with Gasteiger partial charge in [0.25, 0.3) is 0 Å². The van der Waals surface area contributed by atoms with Crippen molar-refractivity contribution in [2.45, 2.75) is 80.1 Å². The minimum absolute atomic E-state index is 0.398. The molecule has 0 fully saturated rings. The highest BCUT2D eigenvalue weighted by Crippen LogP contribution is 2.64. The number of furan rings is 2. The Balaban J connectivity index is 1.10. The first kappa shape index (κ1) is 42.3. The highest BCUT2D eigenvalue weighted by atomic mass is 16.3. The highest BCUT2D eigenvalue weighted by molar-refractivity contribution is 6.22. The molecule has 0 aliphatic heterocycles. The second-order valence-corrected chi connectivity index (χ2v) is 21.3. The molecule has 0 spiro atoms. The fourth-order valence-electron chi connectivity index (χ4n) is 12.5. The van der Waals surface area contributed by atoms with Crippen molar-refractivity contribution in [3.05, 3.63) is 213 Å². The normalized spacial score (nSPS) is 14.1. The summed E-state index contributed by atoms with van der Waals surface area (Å²) in [6.07, 6.45) is 0. The molecule has 342 valence electrons. The zero-order chi connectivity index (χ0) is 48.1. The van der Waals surface area contributed by atoms with E-state index in [1.165, 1.54) is 77.9 Å². The van der Waals surface area contributed by atoms with Crippen LogP contribution >= 0.6 is 0 Å². The lowest BCUT2D eigenvalue weighted by Gasteiger charge is -2.32. The van der Waals surface area contributed by atoms with E-state index in [2.05, 4.69) is 237 Å². The fourth-order valence-corrected chi connectivity index (χ4v) is 12.5. The van der Waals surface area contributed by atoms with Crippen LogP contribution in [0.25, 0.3) is 66.1 Å². The van der Waals surface area contributed by atoms with Gasteiger partial charge < -0.3 is 18.6 Å². The fraction of sp³-hybridized carbons (Fsp3) is 0.182. The summed E-state index contributed by atoms with van der Waals surface area (Å²) >= 11 is 0. The average molecular weight is 909 g/mol. The lowest BCUT2D eigenvalue weighted by Crippen LogP contribution is -2.24. The van der Waals surface area contributed by atoms with E-state index < -0.39 is 10.8 Å². The Morgan fingerprint density at radius 2 is 0.743 bits per heavy atom. The third kappa shape index (κ3) is 5.89. The average Bonchev–Trinajstić information content (AvgIpc) is 4.04. The number of anilines is 6. The van der Waals surface area contributed by atoms with E-state index in [9.17, 15) is 0 Å². The number of rotatable bonds is 6. The SMILES string of the molecule is Cc1ccc(N(c2ccc(C)cc2C)c2cc3c(c4c2oc2ccccc24)-c2ccc4c(c2C3(C)C)C(C)(C)c2cc(N(c3ccc(C)cc3)c3ccc(C)cc3C)c3oc5ccccc5c3c2-4)cc1. The van der Waals surface area contributed by atoms with Gasteiger partial charge in [0.1, 0.15) is 11.2 Å². The first-order valence-electron chi connectivity index (χ1n) is 24.7. The largest absolute Gasteiger partial charge is 0.454 e. The minimum Gasteiger partial charge on any atom is -0.454 e. The van der Waals surface area contributed by atoms with E-state index in [0.717, 1.165) is 78.0 Å². The highest BCUT2D eigenvalue weighted by Gasteiger charge is 2.48. The predicted octanol–water partition coefficient (Wildman–Crippen LogP) is 18.9. The smallest absolute Gasteiger partial charge is 0.160 e. The number of nitrogens with zero attached hydrogens (tertiary/aromatic N) is 2. The summed E-state index contributed by atoms with van der Waals surface area (Å²) < 4.78 is 14.3. The van der Waals surface area contributed by atoms with Gasteiger partial charge in [-0.3, -0.25) is 0 Å². The van der Waals surface area contributed by atoms with Gasteiger partial charge >= 0.3 is 0 Å². The molecule has 2 aliphatic carbocycles. The Morgan fingerprint density at radius 3 is 1.13 bits per heavy atom. The number of hydrogen-bond donors (Lipinski definition) is 0. The van der Waals surface area contributed by atoms with Gasteiger partial charge in [-0.2, -0.15) is 0 Å². The minimum atomic E-state index is -0.398. The van der Waals surface area contributed by atoms with Gasteiger partial charge in [-0.05, 0) is 158 Å². The van der Waals surface area contributed by atoms with Gasteiger partial charge in [0.15, 0.2) is 11.2 Å². The van der Waals surface area contributed by atoms with Crippen LogP contribution in [0.15, 0.2) is 167 Å². The number of para-hydroxylation sites is 2. The molecule has 2 heterocycles. The molecule has 11 aromatic rings. The summed E-state index contributed by atoms with van der Waals surface area (Å²) in [5.74, 6) is 0. The first-order valence-corrected chi connectivity index (χ1v) is 24.7. The maximum absolute atomic E-state index is 7.14. The molecule has 4 nitrogen and oxygen atoms in total. The van der Waals surface area contributed by atoms with Crippen LogP contribution < -0.4 is 9.80 Å². The van der Waals surface area contributed by atoms with E-state index in [-0.39, 0.29) is 0 Å². The van der Waals surface area contributed by atoms with E-state index in [1.807, 2.05) is 0 Å². The van der Waals surface area contributed by atoms with Crippen LogP contribution in [0.2, 0.25) is 0 Å². The molecule has 0 N–H and O–H groups in total. The van der Waals surface area contributed by atoms with Crippen molar-refractivity contribution in [1.29, 1.82) is 0 Å². The second-order valence-electron chi connectivity index (χ2n) is 21.3. The monoisotopic (exact) mass is 908 g/mol. The third-order valence-corrected chi connectivity index (χ3v) is 15.9. The van der Waals surface area contributed by atoms with Crippen molar-refractivity contribution in [3.8, 4) is 22.3 Å². The van der Waals surface area contributed by atoms with E-state index in [0.29, 0.717) is 0 Å². The molecule has 0 atom stereocenters. The van der Waals surface area contributed by atoms with Gasteiger partial charge in [0.05, 0.1) is 11.4 Å². The van der Waals surface area contributed by atoms with Crippen LogP contribution in [0.3, 0.4) is 0 Å². The molecule has 0 radical (unpaired) electrons. The van der Waals surface area contributed by atoms with Gasteiger partial charge in [0, 0.05) is 55.1 Å². The van der Waals surface area contributed by atoms with Gasteiger partial charge in [-0.25, -0.2) is 0 Å². The lowest BCUT2D eigenvalue weighted by molar-refractivity contribution is 0.601. The Labute approximate surface area is 410 Å². The summed E-state index contributed by atoms with van der Waals surface area (Å²) in [6.45, 7) is 22.9. The zero-order valence-corrected chi connectivity index (χ0v) is 41.7. The summed E-state index contributed by atoms with van der Waals surface area (Å²) in [5.41, 5.74) is 27.1. The van der Waals surface area contributed by atoms with Crippen LogP contribution in [0, 0.1) is 41.5 Å². The first-order chi connectivity index (χ1) is 33.7. The molecule has 0 saturated heterocycles. The van der Waals surface area contributed by atoms with Crippen molar-refractivity contribution in [1.82, 2.24) is 0 Å². The van der Waals surface area contributed by atoms with Crippen molar-refractivity contribution in [2.75, 3.05) is 9.80 Å². The molecule has 2 aromatic heterocycles. The summed E-state index contributed by atoms with van der Waals surface area (Å²) in [5, 5.41) is 4.59. The summed E-state index contributed by atoms with van der Waals surface area (Å²) in [6, 6.07) is 58.4. The predicted molar refractivity (Wildman–Crippen MR) is 294 cm³/mol. The number of benzene rings is 9. The van der Waals surface area contributed by atoms with Crippen LogP contribution in [0.4, 0.5) is 34.1 Å². The number of hydrogen-bond acceptors (Lipinski definition) is 4. The van der Waals surface area contributed by atoms with Gasteiger partial charge in [-0.15, -0.1) is 0 Å². The molecule has 70 heavy (non-hydrogen) atoms. The molecule has 2 aliphatic rings. The van der Waals surface area contributed by atoms with Crippen LogP contribution in [-0.4, -0.2) is 0 Å². The standard InChI is InChI=1S/C66H56N2O2/c1-37-19-25-43(26-20-37)67(51-31-23-39(3)33-41(51)5)53-35-49-57(59-45-15-11-13-17-55(45)69-63(53)59)47-29-30-48-58-50(66(9,10)62(48)61(47)65(49,7)8)36-54(64-60(58)46-16-12-14-18-56(46)70-64)68(44-27-21-38(2)22-28-44)52-32-24-40(4)34-42(52)6/h11-36H,1-10H3. The summed E-state index contributed by atoms with van der Waals surface area (Å²) in [7, 11) is 0. The molecule has 0 unspecified atom stereocenters.